The van der Waals surface area contributed by atoms with E-state index < -0.39 is 17.5 Å². The Labute approximate surface area is 200 Å². The van der Waals surface area contributed by atoms with Crippen molar-refractivity contribution in [3.05, 3.63) is 82.9 Å². The first-order valence-electron chi connectivity index (χ1n) is 10.6. The van der Waals surface area contributed by atoms with Crippen LogP contribution in [0.4, 0.5) is 20.2 Å². The molecule has 1 aliphatic heterocycles. The molecule has 0 aromatic heterocycles. The average Bonchev–Trinajstić information content (AvgIpc) is 3.22. The number of nitrogens with two attached hydrogens (primary N) is 2. The lowest BCUT2D eigenvalue weighted by atomic mass is 10.1. The van der Waals surface area contributed by atoms with Crippen LogP contribution in [0, 0.1) is 18.6 Å². The van der Waals surface area contributed by atoms with E-state index in [4.69, 9.17) is 15.3 Å². The van der Waals surface area contributed by atoms with Crippen LogP contribution in [0.1, 0.15) is 40.4 Å². The van der Waals surface area contributed by atoms with Crippen LogP contribution in [0.15, 0.2) is 54.6 Å². The number of halogens is 2. The van der Waals surface area contributed by atoms with Crippen LogP contribution in [0.25, 0.3) is 0 Å². The Morgan fingerprint density at radius 1 is 1.14 bits per heavy atom. The van der Waals surface area contributed by atoms with Crippen LogP contribution in [0.2, 0.25) is 0 Å². The third-order valence-electron chi connectivity index (χ3n) is 5.19. The van der Waals surface area contributed by atoms with Crippen LogP contribution in [-0.2, 0) is 9.59 Å². The summed E-state index contributed by atoms with van der Waals surface area (Å²) in [6, 6.07) is 13.4. The predicted molar refractivity (Wildman–Crippen MR) is 126 cm³/mol. The van der Waals surface area contributed by atoms with Crippen molar-refractivity contribution in [3.63, 3.8) is 0 Å². The molecule has 10 heteroatoms. The summed E-state index contributed by atoms with van der Waals surface area (Å²) in [5.74, 6) is -1.92. The molecule has 4 rings (SSSR count). The maximum atomic E-state index is 14.4. The number of hydrogen-bond acceptors (Lipinski definition) is 5. The number of anilines is 2. The van der Waals surface area contributed by atoms with Gasteiger partial charge in [0.25, 0.3) is 5.91 Å². The second-order valence-electron chi connectivity index (χ2n) is 7.77. The van der Waals surface area contributed by atoms with Gasteiger partial charge in [-0.1, -0.05) is 18.2 Å². The summed E-state index contributed by atoms with van der Waals surface area (Å²) in [6.07, 6.45) is 1.35. The molecule has 0 spiro atoms. The van der Waals surface area contributed by atoms with Crippen LogP contribution in [0.5, 0.6) is 11.5 Å². The number of nitrogens with one attached hydrogen (secondary N) is 2. The normalized spacial score (nSPS) is 14.4. The zero-order valence-electron chi connectivity index (χ0n) is 18.8. The van der Waals surface area contributed by atoms with Crippen molar-refractivity contribution in [1.29, 1.82) is 0 Å². The molecule has 1 heterocycles. The molecule has 3 aromatic carbocycles. The third kappa shape index (κ3) is 6.32. The second kappa shape index (κ2) is 11.1. The van der Waals surface area contributed by atoms with Gasteiger partial charge in [-0.05, 0) is 54.8 Å². The van der Waals surface area contributed by atoms with E-state index in [0.717, 1.165) is 17.7 Å². The minimum atomic E-state index is -0.866. The minimum Gasteiger partial charge on any atom is -0.456 e. The Balaban J connectivity index is 0.00000108. The van der Waals surface area contributed by atoms with Crippen LogP contribution in [0.3, 0.4) is 0 Å². The molecule has 1 saturated heterocycles. The van der Waals surface area contributed by atoms with Gasteiger partial charge in [0.05, 0.1) is 17.4 Å². The number of hydrogen-bond donors (Lipinski definition) is 4. The maximum absolute atomic E-state index is 14.4. The Bertz CT molecular complexity index is 1270. The van der Waals surface area contributed by atoms with E-state index in [0.29, 0.717) is 24.2 Å². The van der Waals surface area contributed by atoms with Crippen molar-refractivity contribution < 1.29 is 27.9 Å². The standard InChI is InChI=1S/C24H21F2N3O3.CH3NO/c1-13-5-6-19(17(26)9-13)28-20-11-15(25)12-21(23(20)24(27)31)32-16-4-2-3-14(10-16)18-7-8-22(30)29-18;2-1-3/h2-6,9-12,18,28H,7-8H2,1H3,(H2,27,31)(H,29,30);1H,(H2,2,3). The van der Waals surface area contributed by atoms with E-state index in [2.05, 4.69) is 16.4 Å². The number of carbonyl (C=O) groups excluding carboxylic acids is 3. The van der Waals surface area contributed by atoms with E-state index in [9.17, 15) is 18.4 Å². The first-order chi connectivity index (χ1) is 16.7. The Kier molecular flexibility index (Phi) is 7.98. The fourth-order valence-electron chi connectivity index (χ4n) is 3.67. The second-order valence-corrected chi connectivity index (χ2v) is 7.77. The predicted octanol–water partition coefficient (Wildman–Crippen LogP) is 3.96. The Morgan fingerprint density at radius 3 is 2.51 bits per heavy atom. The zero-order chi connectivity index (χ0) is 25.5. The molecule has 0 radical (unpaired) electrons. The summed E-state index contributed by atoms with van der Waals surface area (Å²) in [5, 5.41) is 5.61. The molecule has 1 unspecified atom stereocenters. The van der Waals surface area contributed by atoms with Gasteiger partial charge in [0.15, 0.2) is 0 Å². The van der Waals surface area contributed by atoms with E-state index in [1.54, 1.807) is 31.2 Å². The lowest BCUT2D eigenvalue weighted by molar-refractivity contribution is -0.119. The highest BCUT2D eigenvalue weighted by molar-refractivity contribution is 6.02. The molecule has 35 heavy (non-hydrogen) atoms. The number of rotatable bonds is 6. The van der Waals surface area contributed by atoms with Crippen molar-refractivity contribution in [2.75, 3.05) is 5.32 Å². The van der Waals surface area contributed by atoms with E-state index in [1.165, 1.54) is 12.1 Å². The van der Waals surface area contributed by atoms with Crippen LogP contribution < -0.4 is 26.8 Å². The first-order valence-corrected chi connectivity index (χ1v) is 10.6. The summed E-state index contributed by atoms with van der Waals surface area (Å²) in [4.78, 5) is 32.3. The number of aryl methyl sites for hydroxylation is 1. The number of amides is 3. The molecule has 6 N–H and O–H groups in total. The summed E-state index contributed by atoms with van der Waals surface area (Å²) < 4.78 is 34.5. The molecule has 0 aliphatic carbocycles. The largest absolute Gasteiger partial charge is 0.456 e. The van der Waals surface area contributed by atoms with Crippen molar-refractivity contribution in [1.82, 2.24) is 5.32 Å². The molecule has 1 aliphatic rings. The molecule has 3 amide bonds. The van der Waals surface area contributed by atoms with Crippen molar-refractivity contribution >= 4 is 29.6 Å². The topological polar surface area (TPSA) is 137 Å². The van der Waals surface area contributed by atoms with E-state index in [1.807, 2.05) is 6.07 Å². The van der Waals surface area contributed by atoms with Gasteiger partial charge in [0.2, 0.25) is 12.3 Å². The van der Waals surface area contributed by atoms with E-state index >= 15 is 0 Å². The van der Waals surface area contributed by atoms with Crippen LogP contribution >= 0.6 is 0 Å². The van der Waals surface area contributed by atoms with Crippen molar-refractivity contribution in [3.8, 4) is 11.5 Å². The highest BCUT2D eigenvalue weighted by Gasteiger charge is 2.23. The highest BCUT2D eigenvalue weighted by atomic mass is 19.1. The molecule has 8 nitrogen and oxygen atoms in total. The SMILES string of the molecule is Cc1ccc(Nc2cc(F)cc(Oc3cccc(C4CCC(=O)N4)c3)c2C(N)=O)c(F)c1.NC=O. The van der Waals surface area contributed by atoms with Gasteiger partial charge < -0.3 is 26.8 Å². The molecule has 1 atom stereocenters. The Morgan fingerprint density at radius 2 is 1.89 bits per heavy atom. The lowest BCUT2D eigenvalue weighted by Crippen LogP contribution is -2.18. The van der Waals surface area contributed by atoms with Gasteiger partial charge in [0.1, 0.15) is 28.7 Å². The molecular formula is C25H24F2N4O4. The minimum absolute atomic E-state index is 0.0190. The van der Waals surface area contributed by atoms with Gasteiger partial charge in [0, 0.05) is 12.5 Å². The molecular weight excluding hydrogens is 458 g/mol. The molecule has 0 saturated carbocycles. The first kappa shape index (κ1) is 25.2. The smallest absolute Gasteiger partial charge is 0.254 e. The molecule has 0 bridgehead atoms. The fourth-order valence-corrected chi connectivity index (χ4v) is 3.67. The van der Waals surface area contributed by atoms with Gasteiger partial charge in [-0.3, -0.25) is 14.4 Å². The number of ether oxygens (including phenoxy) is 1. The number of carbonyl (C=O) groups is 3. The molecule has 1 fully saturated rings. The summed E-state index contributed by atoms with van der Waals surface area (Å²) in [5.41, 5.74) is 11.2. The van der Waals surface area contributed by atoms with Crippen molar-refractivity contribution in [2.45, 2.75) is 25.8 Å². The number of benzene rings is 3. The monoisotopic (exact) mass is 482 g/mol. The van der Waals surface area contributed by atoms with Gasteiger partial charge in [-0.2, -0.15) is 0 Å². The van der Waals surface area contributed by atoms with Gasteiger partial charge in [-0.25, -0.2) is 8.78 Å². The number of primary amides is 2. The van der Waals surface area contributed by atoms with Crippen molar-refractivity contribution in [2.24, 2.45) is 11.5 Å². The molecule has 3 aromatic rings. The zero-order valence-corrected chi connectivity index (χ0v) is 18.8. The van der Waals surface area contributed by atoms with E-state index in [-0.39, 0.29) is 41.0 Å². The molecule has 182 valence electrons. The summed E-state index contributed by atoms with van der Waals surface area (Å²) >= 11 is 0. The van der Waals surface area contributed by atoms with Crippen LogP contribution in [-0.4, -0.2) is 18.2 Å². The quantitative estimate of drug-likeness (QED) is 0.394. The maximum Gasteiger partial charge on any atom is 0.254 e. The van der Waals surface area contributed by atoms with Gasteiger partial charge >= 0.3 is 0 Å². The lowest BCUT2D eigenvalue weighted by Gasteiger charge is -2.17. The van der Waals surface area contributed by atoms with Gasteiger partial charge in [-0.15, -0.1) is 0 Å². The highest BCUT2D eigenvalue weighted by Crippen LogP contribution is 2.35. The summed E-state index contributed by atoms with van der Waals surface area (Å²) in [7, 11) is 0. The average molecular weight is 482 g/mol. The fraction of sp³-hybridized carbons (Fsp3) is 0.160. The Hall–Kier alpha value is -4.47. The summed E-state index contributed by atoms with van der Waals surface area (Å²) in [6.45, 7) is 1.74. The third-order valence-corrected chi connectivity index (χ3v) is 5.19.